The molecule has 2 aromatic rings. The highest BCUT2D eigenvalue weighted by molar-refractivity contribution is 6.06. The van der Waals surface area contributed by atoms with E-state index in [2.05, 4.69) is 22.5 Å². The molecular formula is C24H30N4O5. The zero-order valence-electron chi connectivity index (χ0n) is 19.0. The number of rotatable bonds is 9. The molecule has 0 bridgehead atoms. The fraction of sp³-hybridized carbons (Fsp3) is 0.417. The van der Waals surface area contributed by atoms with Gasteiger partial charge in [0, 0.05) is 62.4 Å². The second-order valence-electron chi connectivity index (χ2n) is 8.27. The Morgan fingerprint density at radius 2 is 1.91 bits per heavy atom. The van der Waals surface area contributed by atoms with Crippen LogP contribution < -0.4 is 15.5 Å². The Hall–Kier alpha value is -3.46. The molecule has 9 nitrogen and oxygen atoms in total. The second kappa shape index (κ2) is 11.4. The number of nitro benzene ring substituents is 1. The van der Waals surface area contributed by atoms with Gasteiger partial charge in [-0.15, -0.1) is 0 Å². The minimum absolute atomic E-state index is 0.159. The standard InChI is InChI=1S/C24H30N4O5/c1-17-9-12-27(13-10-17)22-8-7-19(16-21(22)24(30)25-11-4-14-33-2)26-23(29)18-5-3-6-20(15-18)28(31)32/h3,5-8,15-17H,4,9-14H2,1-2H3,(H,25,30)(H,26,29). The number of nitro groups is 1. The molecule has 9 heteroatoms. The van der Waals surface area contributed by atoms with E-state index in [1.54, 1.807) is 19.2 Å². The molecule has 1 aliphatic heterocycles. The normalized spacial score (nSPS) is 14.1. The first-order valence-corrected chi connectivity index (χ1v) is 11.1. The zero-order chi connectivity index (χ0) is 23.8. The molecule has 0 aromatic heterocycles. The maximum atomic E-state index is 13.0. The van der Waals surface area contributed by atoms with E-state index in [-0.39, 0.29) is 17.2 Å². The van der Waals surface area contributed by atoms with Crippen molar-refractivity contribution in [2.45, 2.75) is 26.2 Å². The zero-order valence-corrected chi connectivity index (χ0v) is 19.0. The predicted octanol–water partition coefficient (Wildman–Crippen LogP) is 3.85. The van der Waals surface area contributed by atoms with Crippen LogP contribution in [0.15, 0.2) is 42.5 Å². The van der Waals surface area contributed by atoms with E-state index in [4.69, 9.17) is 4.74 Å². The SMILES string of the molecule is COCCCNC(=O)c1cc(NC(=O)c2cccc([N+](=O)[O-])c2)ccc1N1CCC(C)CC1. The third-order valence-electron chi connectivity index (χ3n) is 5.75. The molecule has 2 amide bonds. The van der Waals surface area contributed by atoms with Gasteiger partial charge in [0.2, 0.25) is 0 Å². The van der Waals surface area contributed by atoms with Gasteiger partial charge >= 0.3 is 0 Å². The van der Waals surface area contributed by atoms with Gasteiger partial charge in [-0.3, -0.25) is 19.7 Å². The summed E-state index contributed by atoms with van der Waals surface area (Å²) in [5.74, 6) is -0.0445. The lowest BCUT2D eigenvalue weighted by atomic mass is 9.97. The maximum absolute atomic E-state index is 13.0. The number of carbonyl (C=O) groups is 2. The molecule has 2 aromatic carbocycles. The summed E-state index contributed by atoms with van der Waals surface area (Å²) in [5.41, 5.74) is 1.78. The number of benzene rings is 2. The van der Waals surface area contributed by atoms with Crippen molar-refractivity contribution in [3.05, 3.63) is 63.7 Å². The fourth-order valence-electron chi connectivity index (χ4n) is 3.80. The summed E-state index contributed by atoms with van der Waals surface area (Å²) in [6.45, 7) is 4.99. The molecule has 1 fully saturated rings. The number of carbonyl (C=O) groups excluding carboxylic acids is 2. The third kappa shape index (κ3) is 6.52. The van der Waals surface area contributed by atoms with Crippen LogP contribution in [0.5, 0.6) is 0 Å². The minimum Gasteiger partial charge on any atom is -0.385 e. The van der Waals surface area contributed by atoms with Crippen molar-refractivity contribution in [1.82, 2.24) is 5.32 Å². The summed E-state index contributed by atoms with van der Waals surface area (Å²) in [6, 6.07) is 10.8. The summed E-state index contributed by atoms with van der Waals surface area (Å²) in [4.78, 5) is 38.3. The van der Waals surface area contributed by atoms with Gasteiger partial charge in [0.25, 0.3) is 17.5 Å². The van der Waals surface area contributed by atoms with Crippen LogP contribution in [-0.2, 0) is 4.74 Å². The molecule has 0 saturated carbocycles. The van der Waals surface area contributed by atoms with Crippen LogP contribution in [0.3, 0.4) is 0 Å². The quantitative estimate of drug-likeness (QED) is 0.338. The van der Waals surface area contributed by atoms with Crippen molar-refractivity contribution in [2.75, 3.05) is 43.6 Å². The van der Waals surface area contributed by atoms with E-state index in [9.17, 15) is 19.7 Å². The third-order valence-corrected chi connectivity index (χ3v) is 5.75. The molecule has 1 heterocycles. The predicted molar refractivity (Wildman–Crippen MR) is 127 cm³/mol. The lowest BCUT2D eigenvalue weighted by Gasteiger charge is -2.33. The van der Waals surface area contributed by atoms with Crippen molar-refractivity contribution in [3.8, 4) is 0 Å². The summed E-state index contributed by atoms with van der Waals surface area (Å²) < 4.78 is 5.04. The van der Waals surface area contributed by atoms with Gasteiger partial charge < -0.3 is 20.3 Å². The van der Waals surface area contributed by atoms with Gasteiger partial charge in [-0.05, 0) is 49.4 Å². The molecule has 0 unspecified atom stereocenters. The molecule has 3 rings (SSSR count). The number of nitrogens with zero attached hydrogens (tertiary/aromatic N) is 2. The molecular weight excluding hydrogens is 424 g/mol. The Bertz CT molecular complexity index is 1000. The smallest absolute Gasteiger partial charge is 0.270 e. The Balaban J connectivity index is 1.82. The van der Waals surface area contributed by atoms with Gasteiger partial charge in [0.05, 0.1) is 10.5 Å². The van der Waals surface area contributed by atoms with Crippen molar-refractivity contribution < 1.29 is 19.2 Å². The van der Waals surface area contributed by atoms with Crippen LogP contribution >= 0.6 is 0 Å². The minimum atomic E-state index is -0.545. The fourth-order valence-corrected chi connectivity index (χ4v) is 3.80. The van der Waals surface area contributed by atoms with E-state index >= 15 is 0 Å². The highest BCUT2D eigenvalue weighted by Crippen LogP contribution is 2.29. The van der Waals surface area contributed by atoms with E-state index in [1.807, 2.05) is 6.07 Å². The molecule has 0 aliphatic carbocycles. The van der Waals surface area contributed by atoms with Gasteiger partial charge in [0.15, 0.2) is 0 Å². The lowest BCUT2D eigenvalue weighted by Crippen LogP contribution is -2.35. The number of methoxy groups -OCH3 is 1. The van der Waals surface area contributed by atoms with Gasteiger partial charge in [0.1, 0.15) is 0 Å². The first-order valence-electron chi connectivity index (χ1n) is 11.1. The second-order valence-corrected chi connectivity index (χ2v) is 8.27. The topological polar surface area (TPSA) is 114 Å². The van der Waals surface area contributed by atoms with Crippen LogP contribution in [0.4, 0.5) is 17.1 Å². The Kier molecular flexibility index (Phi) is 8.37. The molecule has 33 heavy (non-hydrogen) atoms. The highest BCUT2D eigenvalue weighted by atomic mass is 16.6. The largest absolute Gasteiger partial charge is 0.385 e. The number of anilines is 2. The van der Waals surface area contributed by atoms with Crippen LogP contribution in [-0.4, -0.2) is 50.1 Å². The summed E-state index contributed by atoms with van der Waals surface area (Å²) in [5, 5.41) is 16.7. The van der Waals surface area contributed by atoms with Crippen molar-refractivity contribution >= 4 is 28.9 Å². The average Bonchev–Trinajstić information content (AvgIpc) is 2.82. The van der Waals surface area contributed by atoms with Crippen molar-refractivity contribution in [1.29, 1.82) is 0 Å². The molecule has 1 saturated heterocycles. The molecule has 0 radical (unpaired) electrons. The summed E-state index contributed by atoms with van der Waals surface area (Å²) >= 11 is 0. The summed E-state index contributed by atoms with van der Waals surface area (Å²) in [6.07, 6.45) is 2.81. The lowest BCUT2D eigenvalue weighted by molar-refractivity contribution is -0.384. The Morgan fingerprint density at radius 1 is 1.15 bits per heavy atom. The maximum Gasteiger partial charge on any atom is 0.270 e. The van der Waals surface area contributed by atoms with Crippen molar-refractivity contribution in [2.24, 2.45) is 5.92 Å². The van der Waals surface area contributed by atoms with Crippen LogP contribution in [0.1, 0.15) is 46.9 Å². The molecule has 1 aliphatic rings. The molecule has 0 atom stereocenters. The number of hydrogen-bond donors (Lipinski definition) is 2. The number of piperidine rings is 1. The number of nitrogens with one attached hydrogen (secondary N) is 2. The first kappa shape index (κ1) is 24.2. The van der Waals surface area contributed by atoms with E-state index in [1.165, 1.54) is 24.3 Å². The Morgan fingerprint density at radius 3 is 2.61 bits per heavy atom. The molecule has 176 valence electrons. The summed E-state index contributed by atoms with van der Waals surface area (Å²) in [7, 11) is 1.62. The number of amides is 2. The highest BCUT2D eigenvalue weighted by Gasteiger charge is 2.22. The van der Waals surface area contributed by atoms with Crippen LogP contribution in [0, 0.1) is 16.0 Å². The van der Waals surface area contributed by atoms with E-state index in [0.717, 1.165) is 31.6 Å². The van der Waals surface area contributed by atoms with Gasteiger partial charge in [-0.2, -0.15) is 0 Å². The van der Waals surface area contributed by atoms with Crippen LogP contribution in [0.25, 0.3) is 0 Å². The van der Waals surface area contributed by atoms with Gasteiger partial charge in [-0.1, -0.05) is 13.0 Å². The average molecular weight is 455 g/mol. The van der Waals surface area contributed by atoms with Crippen molar-refractivity contribution in [3.63, 3.8) is 0 Å². The molecule has 2 N–H and O–H groups in total. The number of non-ortho nitro benzene ring substituents is 1. The monoisotopic (exact) mass is 454 g/mol. The molecule has 0 spiro atoms. The number of ether oxygens (including phenoxy) is 1. The van der Waals surface area contributed by atoms with Crippen LogP contribution in [0.2, 0.25) is 0 Å². The first-order chi connectivity index (χ1) is 15.9. The van der Waals surface area contributed by atoms with E-state index < -0.39 is 10.8 Å². The van der Waals surface area contributed by atoms with Gasteiger partial charge in [-0.25, -0.2) is 0 Å². The van der Waals surface area contributed by atoms with E-state index in [0.29, 0.717) is 36.7 Å². The number of hydrogen-bond acceptors (Lipinski definition) is 6. The Labute approximate surface area is 193 Å².